The largest absolute Gasteiger partial charge is 0.496 e. The van der Waals surface area contributed by atoms with Gasteiger partial charge in [0.05, 0.1) is 18.5 Å². The number of hydrogen-bond donors (Lipinski definition) is 0. The third kappa shape index (κ3) is 2.76. The van der Waals surface area contributed by atoms with Crippen LogP contribution >= 0.6 is 11.6 Å². The topological polar surface area (TPSA) is 27.1 Å². The molecule has 1 aromatic carbocycles. The monoisotopic (exact) mass is 278 g/mol. The van der Waals surface area contributed by atoms with Crippen molar-refractivity contribution in [1.82, 2.24) is 9.78 Å². The molecular weight excluding hydrogens is 260 g/mol. The predicted molar refractivity (Wildman–Crippen MR) is 78.8 cm³/mol. The molecule has 2 aromatic rings. The number of para-hydroxylation sites is 1. The third-order valence-corrected chi connectivity index (χ3v) is 3.27. The summed E-state index contributed by atoms with van der Waals surface area (Å²) in [5, 5.41) is 4.68. The molecule has 0 saturated heterocycles. The summed E-state index contributed by atoms with van der Waals surface area (Å²) < 4.78 is 7.35. The molecule has 0 unspecified atom stereocenters. The van der Waals surface area contributed by atoms with Gasteiger partial charge in [-0.05, 0) is 32.9 Å². The molecular formula is C15H19ClN2O. The van der Waals surface area contributed by atoms with E-state index in [-0.39, 0.29) is 5.54 Å². The molecule has 0 aliphatic carbocycles. The Morgan fingerprint density at radius 3 is 2.53 bits per heavy atom. The average molecular weight is 279 g/mol. The minimum absolute atomic E-state index is 0.0684. The fraction of sp³-hybridized carbons (Fsp3) is 0.400. The maximum Gasteiger partial charge on any atom is 0.128 e. The molecule has 0 spiro atoms. The standard InChI is InChI=1S/C15H19ClN2O/c1-15(2,3)18-10-11(9-16)14(17-18)12-7-5-6-8-13(12)19-4/h5-8,10H,9H2,1-4H3. The fourth-order valence-corrected chi connectivity index (χ4v) is 2.11. The Morgan fingerprint density at radius 1 is 1.26 bits per heavy atom. The van der Waals surface area contributed by atoms with E-state index >= 15 is 0 Å². The smallest absolute Gasteiger partial charge is 0.128 e. The molecule has 0 amide bonds. The molecule has 19 heavy (non-hydrogen) atoms. The molecule has 2 rings (SSSR count). The highest BCUT2D eigenvalue weighted by molar-refractivity contribution is 6.17. The van der Waals surface area contributed by atoms with Crippen molar-refractivity contribution in [2.24, 2.45) is 0 Å². The van der Waals surface area contributed by atoms with Gasteiger partial charge in [0.15, 0.2) is 0 Å². The first-order valence-corrected chi connectivity index (χ1v) is 6.79. The van der Waals surface area contributed by atoms with Crippen molar-refractivity contribution in [3.8, 4) is 17.0 Å². The van der Waals surface area contributed by atoms with Gasteiger partial charge in [-0.15, -0.1) is 11.6 Å². The van der Waals surface area contributed by atoms with Crippen molar-refractivity contribution < 1.29 is 4.74 Å². The molecule has 0 radical (unpaired) electrons. The van der Waals surface area contributed by atoms with Crippen molar-refractivity contribution in [3.05, 3.63) is 36.0 Å². The number of nitrogens with zero attached hydrogens (tertiary/aromatic N) is 2. The van der Waals surface area contributed by atoms with Gasteiger partial charge in [0.25, 0.3) is 0 Å². The van der Waals surface area contributed by atoms with Crippen LogP contribution in [0.3, 0.4) is 0 Å². The van der Waals surface area contributed by atoms with Crippen LogP contribution in [0.1, 0.15) is 26.3 Å². The van der Waals surface area contributed by atoms with Gasteiger partial charge in [0.1, 0.15) is 11.4 Å². The summed E-state index contributed by atoms with van der Waals surface area (Å²) in [7, 11) is 1.67. The summed E-state index contributed by atoms with van der Waals surface area (Å²) in [6.45, 7) is 6.35. The normalized spacial score (nSPS) is 11.6. The first-order valence-electron chi connectivity index (χ1n) is 6.25. The van der Waals surface area contributed by atoms with Gasteiger partial charge in [-0.2, -0.15) is 5.10 Å². The van der Waals surface area contributed by atoms with Crippen molar-refractivity contribution in [2.75, 3.05) is 7.11 Å². The number of halogens is 1. The Morgan fingerprint density at radius 2 is 1.95 bits per heavy atom. The van der Waals surface area contributed by atoms with E-state index in [1.54, 1.807) is 7.11 Å². The SMILES string of the molecule is COc1ccccc1-c1nn(C(C)(C)C)cc1CCl. The number of benzene rings is 1. The predicted octanol–water partition coefficient (Wildman–Crippen LogP) is 4.05. The highest BCUT2D eigenvalue weighted by atomic mass is 35.5. The zero-order chi connectivity index (χ0) is 14.0. The fourth-order valence-electron chi connectivity index (χ4n) is 1.92. The van der Waals surface area contributed by atoms with E-state index in [4.69, 9.17) is 16.3 Å². The summed E-state index contributed by atoms with van der Waals surface area (Å²) in [5.41, 5.74) is 2.81. The first kappa shape index (κ1) is 13.9. The van der Waals surface area contributed by atoms with Crippen LogP contribution in [0.15, 0.2) is 30.5 Å². The van der Waals surface area contributed by atoms with Crippen LogP contribution in [0, 0.1) is 0 Å². The lowest BCUT2D eigenvalue weighted by Crippen LogP contribution is -2.22. The molecule has 102 valence electrons. The van der Waals surface area contributed by atoms with Gasteiger partial charge in [-0.3, -0.25) is 4.68 Å². The van der Waals surface area contributed by atoms with Crippen LogP contribution < -0.4 is 4.74 Å². The second-order valence-corrected chi connectivity index (χ2v) is 5.72. The minimum Gasteiger partial charge on any atom is -0.496 e. The Labute approximate surface area is 119 Å². The van der Waals surface area contributed by atoms with E-state index in [0.29, 0.717) is 5.88 Å². The molecule has 1 heterocycles. The van der Waals surface area contributed by atoms with Gasteiger partial charge >= 0.3 is 0 Å². The number of aromatic nitrogens is 2. The lowest BCUT2D eigenvalue weighted by molar-refractivity contribution is 0.356. The number of methoxy groups -OCH3 is 1. The second kappa shape index (κ2) is 5.25. The molecule has 1 aromatic heterocycles. The molecule has 0 N–H and O–H groups in total. The van der Waals surface area contributed by atoms with E-state index < -0.39 is 0 Å². The molecule has 0 aliphatic heterocycles. The highest BCUT2D eigenvalue weighted by Crippen LogP contribution is 2.32. The van der Waals surface area contributed by atoms with E-state index in [0.717, 1.165) is 22.6 Å². The zero-order valence-electron chi connectivity index (χ0n) is 11.8. The number of hydrogen-bond acceptors (Lipinski definition) is 2. The van der Waals surface area contributed by atoms with Crippen LogP contribution in [-0.4, -0.2) is 16.9 Å². The van der Waals surface area contributed by atoms with Crippen molar-refractivity contribution in [3.63, 3.8) is 0 Å². The maximum absolute atomic E-state index is 6.05. The van der Waals surface area contributed by atoms with E-state index in [9.17, 15) is 0 Å². The van der Waals surface area contributed by atoms with E-state index in [2.05, 4.69) is 25.9 Å². The number of rotatable bonds is 3. The van der Waals surface area contributed by atoms with Crippen LogP contribution in [-0.2, 0) is 11.4 Å². The van der Waals surface area contributed by atoms with Crippen LogP contribution in [0.25, 0.3) is 11.3 Å². The van der Waals surface area contributed by atoms with Gasteiger partial charge in [-0.1, -0.05) is 12.1 Å². The molecule has 3 nitrogen and oxygen atoms in total. The van der Waals surface area contributed by atoms with Crippen molar-refractivity contribution >= 4 is 11.6 Å². The van der Waals surface area contributed by atoms with Crippen LogP contribution in [0.5, 0.6) is 5.75 Å². The van der Waals surface area contributed by atoms with Crippen LogP contribution in [0.4, 0.5) is 0 Å². The van der Waals surface area contributed by atoms with E-state index in [1.165, 1.54) is 0 Å². The highest BCUT2D eigenvalue weighted by Gasteiger charge is 2.20. The molecule has 0 aliphatic rings. The quantitative estimate of drug-likeness (QED) is 0.792. The average Bonchev–Trinajstić information content (AvgIpc) is 2.82. The zero-order valence-corrected chi connectivity index (χ0v) is 12.5. The Balaban J connectivity index is 2.58. The lowest BCUT2D eigenvalue weighted by atomic mass is 10.1. The van der Waals surface area contributed by atoms with Gasteiger partial charge < -0.3 is 4.74 Å². The summed E-state index contributed by atoms with van der Waals surface area (Å²) in [6.07, 6.45) is 2.01. The molecule has 4 heteroatoms. The summed E-state index contributed by atoms with van der Waals surface area (Å²) in [4.78, 5) is 0. The molecule has 0 fully saturated rings. The molecule has 0 saturated carbocycles. The van der Waals surface area contributed by atoms with Crippen molar-refractivity contribution in [1.29, 1.82) is 0 Å². The summed E-state index contributed by atoms with van der Waals surface area (Å²) in [6, 6.07) is 7.86. The second-order valence-electron chi connectivity index (χ2n) is 5.45. The summed E-state index contributed by atoms with van der Waals surface area (Å²) >= 11 is 6.05. The lowest BCUT2D eigenvalue weighted by Gasteiger charge is -2.18. The number of ether oxygens (including phenoxy) is 1. The first-order chi connectivity index (χ1) is 8.97. The van der Waals surface area contributed by atoms with Crippen LogP contribution in [0.2, 0.25) is 0 Å². The molecule has 0 atom stereocenters. The Kier molecular flexibility index (Phi) is 3.85. The Hall–Kier alpha value is -1.48. The van der Waals surface area contributed by atoms with Gasteiger partial charge in [0.2, 0.25) is 0 Å². The number of alkyl halides is 1. The molecule has 0 bridgehead atoms. The third-order valence-electron chi connectivity index (χ3n) is 2.98. The maximum atomic E-state index is 6.05. The van der Waals surface area contributed by atoms with Crippen molar-refractivity contribution in [2.45, 2.75) is 32.2 Å². The van der Waals surface area contributed by atoms with Gasteiger partial charge in [-0.25, -0.2) is 0 Å². The van der Waals surface area contributed by atoms with Gasteiger partial charge in [0, 0.05) is 17.3 Å². The minimum atomic E-state index is -0.0684. The van der Waals surface area contributed by atoms with E-state index in [1.807, 2.05) is 35.1 Å². The Bertz CT molecular complexity index is 570. The summed E-state index contributed by atoms with van der Waals surface area (Å²) in [5.74, 6) is 1.25.